The van der Waals surface area contributed by atoms with E-state index in [2.05, 4.69) is 17.0 Å². The van der Waals surface area contributed by atoms with Gasteiger partial charge in [-0.05, 0) is 30.7 Å². The molecule has 21 heavy (non-hydrogen) atoms. The standard InChI is InChI=1S/C14H20F3NO3/c1-3-6-18-10-11-4-5-12(19-2)13(9-11)20-7-8-21-14(15,16)17/h4-5,9,18H,3,6-8,10H2,1-2H3. The summed E-state index contributed by atoms with van der Waals surface area (Å²) in [6.45, 7) is 2.85. The van der Waals surface area contributed by atoms with Crippen LogP contribution in [0.2, 0.25) is 0 Å². The lowest BCUT2D eigenvalue weighted by molar-refractivity contribution is -0.325. The molecule has 0 amide bonds. The van der Waals surface area contributed by atoms with Gasteiger partial charge in [0.2, 0.25) is 0 Å². The first kappa shape index (κ1) is 17.6. The molecule has 120 valence electrons. The fourth-order valence-electron chi connectivity index (χ4n) is 1.66. The van der Waals surface area contributed by atoms with E-state index < -0.39 is 13.0 Å². The lowest BCUT2D eigenvalue weighted by Crippen LogP contribution is -2.18. The van der Waals surface area contributed by atoms with E-state index in [1.54, 1.807) is 12.1 Å². The minimum atomic E-state index is -4.64. The van der Waals surface area contributed by atoms with Crippen LogP contribution in [0.15, 0.2) is 18.2 Å². The highest BCUT2D eigenvalue weighted by atomic mass is 19.4. The maximum absolute atomic E-state index is 11.9. The molecule has 0 heterocycles. The van der Waals surface area contributed by atoms with Crippen LogP contribution in [-0.4, -0.2) is 33.2 Å². The van der Waals surface area contributed by atoms with E-state index in [-0.39, 0.29) is 6.61 Å². The average Bonchev–Trinajstić information content (AvgIpc) is 2.43. The highest BCUT2D eigenvalue weighted by molar-refractivity contribution is 5.42. The van der Waals surface area contributed by atoms with E-state index in [1.807, 2.05) is 6.07 Å². The number of benzene rings is 1. The van der Waals surface area contributed by atoms with Crippen molar-refractivity contribution in [3.8, 4) is 11.5 Å². The van der Waals surface area contributed by atoms with Crippen molar-refractivity contribution < 1.29 is 27.4 Å². The first-order valence-electron chi connectivity index (χ1n) is 6.67. The number of methoxy groups -OCH3 is 1. The third kappa shape index (κ3) is 7.19. The Morgan fingerprint density at radius 1 is 1.14 bits per heavy atom. The largest absolute Gasteiger partial charge is 0.522 e. The molecular formula is C14H20F3NO3. The van der Waals surface area contributed by atoms with Crippen LogP contribution >= 0.6 is 0 Å². The summed E-state index contributed by atoms with van der Waals surface area (Å²) in [5.74, 6) is 0.875. The van der Waals surface area contributed by atoms with Gasteiger partial charge in [-0.2, -0.15) is 0 Å². The Bertz CT molecular complexity index is 424. The molecule has 7 heteroatoms. The van der Waals surface area contributed by atoms with E-state index in [9.17, 15) is 13.2 Å². The van der Waals surface area contributed by atoms with Gasteiger partial charge in [-0.15, -0.1) is 13.2 Å². The zero-order valence-electron chi connectivity index (χ0n) is 12.1. The topological polar surface area (TPSA) is 39.7 Å². The number of ether oxygens (including phenoxy) is 3. The molecule has 0 unspecified atom stereocenters. The molecule has 1 aromatic rings. The molecule has 1 aromatic carbocycles. The lowest BCUT2D eigenvalue weighted by Gasteiger charge is -2.13. The van der Waals surface area contributed by atoms with Crippen molar-refractivity contribution in [2.75, 3.05) is 26.9 Å². The molecule has 0 fully saturated rings. The van der Waals surface area contributed by atoms with Crippen molar-refractivity contribution >= 4 is 0 Å². The Hall–Kier alpha value is -1.47. The zero-order valence-corrected chi connectivity index (χ0v) is 12.1. The predicted molar refractivity (Wildman–Crippen MR) is 72.5 cm³/mol. The van der Waals surface area contributed by atoms with Crippen molar-refractivity contribution in [2.45, 2.75) is 26.3 Å². The van der Waals surface area contributed by atoms with Gasteiger partial charge >= 0.3 is 6.36 Å². The SMILES string of the molecule is CCCNCc1ccc(OC)c(OCCOC(F)(F)F)c1. The summed E-state index contributed by atoms with van der Waals surface area (Å²) in [6.07, 6.45) is -3.62. The average molecular weight is 307 g/mol. The van der Waals surface area contributed by atoms with Crippen molar-refractivity contribution in [1.82, 2.24) is 5.32 Å². The molecule has 0 bridgehead atoms. The number of halogens is 3. The molecule has 0 aromatic heterocycles. The summed E-state index contributed by atoms with van der Waals surface area (Å²) in [7, 11) is 1.48. The van der Waals surface area contributed by atoms with Crippen LogP contribution in [0.3, 0.4) is 0 Å². The molecule has 0 radical (unpaired) electrons. The van der Waals surface area contributed by atoms with Crippen molar-refractivity contribution in [2.24, 2.45) is 0 Å². The van der Waals surface area contributed by atoms with E-state index in [0.717, 1.165) is 18.5 Å². The second kappa shape index (κ2) is 8.74. The maximum Gasteiger partial charge on any atom is 0.522 e. The molecular weight excluding hydrogens is 287 g/mol. The van der Waals surface area contributed by atoms with Gasteiger partial charge in [-0.3, -0.25) is 4.74 Å². The Labute approximate surface area is 122 Å². The molecule has 0 saturated heterocycles. The summed E-state index contributed by atoms with van der Waals surface area (Å²) >= 11 is 0. The van der Waals surface area contributed by atoms with E-state index >= 15 is 0 Å². The number of nitrogens with one attached hydrogen (secondary N) is 1. The van der Waals surface area contributed by atoms with Gasteiger partial charge in [-0.1, -0.05) is 13.0 Å². The van der Waals surface area contributed by atoms with Gasteiger partial charge in [0.05, 0.1) is 13.7 Å². The van der Waals surface area contributed by atoms with Gasteiger partial charge < -0.3 is 14.8 Å². The Balaban J connectivity index is 2.55. The summed E-state index contributed by atoms with van der Waals surface area (Å²) in [5, 5.41) is 3.23. The third-order valence-corrected chi connectivity index (χ3v) is 2.59. The van der Waals surface area contributed by atoms with Crippen LogP contribution in [0.4, 0.5) is 13.2 Å². The van der Waals surface area contributed by atoms with Gasteiger partial charge in [0.25, 0.3) is 0 Å². The maximum atomic E-state index is 11.9. The summed E-state index contributed by atoms with van der Waals surface area (Å²) in [6, 6.07) is 5.35. The highest BCUT2D eigenvalue weighted by Crippen LogP contribution is 2.28. The van der Waals surface area contributed by atoms with Crippen LogP contribution in [0.25, 0.3) is 0 Å². The van der Waals surface area contributed by atoms with Gasteiger partial charge in [-0.25, -0.2) is 0 Å². The molecule has 0 aliphatic carbocycles. The fraction of sp³-hybridized carbons (Fsp3) is 0.571. The summed E-state index contributed by atoms with van der Waals surface area (Å²) in [5.41, 5.74) is 0.969. The highest BCUT2D eigenvalue weighted by Gasteiger charge is 2.28. The normalized spacial score (nSPS) is 11.5. The summed E-state index contributed by atoms with van der Waals surface area (Å²) in [4.78, 5) is 0. The third-order valence-electron chi connectivity index (χ3n) is 2.59. The van der Waals surface area contributed by atoms with E-state index in [1.165, 1.54) is 7.11 Å². The molecule has 0 aliphatic heterocycles. The molecule has 0 saturated carbocycles. The predicted octanol–water partition coefficient (Wildman–Crippen LogP) is 3.11. The minimum Gasteiger partial charge on any atom is -0.493 e. The first-order chi connectivity index (χ1) is 9.96. The number of rotatable bonds is 9. The second-order valence-corrected chi connectivity index (χ2v) is 4.30. The molecule has 1 rings (SSSR count). The van der Waals surface area contributed by atoms with Crippen LogP contribution in [0, 0.1) is 0 Å². The van der Waals surface area contributed by atoms with Crippen LogP contribution < -0.4 is 14.8 Å². The molecule has 0 spiro atoms. The van der Waals surface area contributed by atoms with E-state index in [0.29, 0.717) is 18.0 Å². The summed E-state index contributed by atoms with van der Waals surface area (Å²) < 4.78 is 49.6. The van der Waals surface area contributed by atoms with Gasteiger partial charge in [0, 0.05) is 6.54 Å². The van der Waals surface area contributed by atoms with E-state index in [4.69, 9.17) is 9.47 Å². The second-order valence-electron chi connectivity index (χ2n) is 4.30. The van der Waals surface area contributed by atoms with Crippen molar-refractivity contribution in [1.29, 1.82) is 0 Å². The zero-order chi connectivity index (χ0) is 15.7. The van der Waals surface area contributed by atoms with Crippen LogP contribution in [0.1, 0.15) is 18.9 Å². The lowest BCUT2D eigenvalue weighted by atomic mass is 10.2. The smallest absolute Gasteiger partial charge is 0.493 e. The monoisotopic (exact) mass is 307 g/mol. The molecule has 0 aliphatic rings. The molecule has 1 N–H and O–H groups in total. The first-order valence-corrected chi connectivity index (χ1v) is 6.67. The Kier molecular flexibility index (Phi) is 7.31. The van der Waals surface area contributed by atoms with Crippen molar-refractivity contribution in [3.05, 3.63) is 23.8 Å². The number of alkyl halides is 3. The number of hydrogen-bond acceptors (Lipinski definition) is 4. The van der Waals surface area contributed by atoms with Crippen molar-refractivity contribution in [3.63, 3.8) is 0 Å². The fourth-order valence-corrected chi connectivity index (χ4v) is 1.66. The quantitative estimate of drug-likeness (QED) is 0.712. The van der Waals surface area contributed by atoms with Crippen LogP contribution in [0.5, 0.6) is 11.5 Å². The van der Waals surface area contributed by atoms with Crippen LogP contribution in [-0.2, 0) is 11.3 Å². The van der Waals surface area contributed by atoms with Gasteiger partial charge in [0.1, 0.15) is 6.61 Å². The minimum absolute atomic E-state index is 0.207. The molecule has 4 nitrogen and oxygen atoms in total. The Morgan fingerprint density at radius 3 is 2.52 bits per heavy atom. The van der Waals surface area contributed by atoms with Gasteiger partial charge in [0.15, 0.2) is 11.5 Å². The molecule has 0 atom stereocenters. The number of hydrogen-bond donors (Lipinski definition) is 1. The Morgan fingerprint density at radius 2 is 1.90 bits per heavy atom.